The first kappa shape index (κ1) is 9.19. The van der Waals surface area contributed by atoms with Crippen LogP contribution in [0.2, 0.25) is 0 Å². The largest absolute Gasteiger partial charge is 0.330 e. The summed E-state index contributed by atoms with van der Waals surface area (Å²) < 4.78 is 0. The SMILES string of the molecule is C=CNC(=O)/C=C/c1ccncc1. The highest BCUT2D eigenvalue weighted by atomic mass is 16.1. The number of hydrogen-bond donors (Lipinski definition) is 1. The zero-order chi connectivity index (χ0) is 9.52. The molecule has 3 heteroatoms. The number of hydrogen-bond acceptors (Lipinski definition) is 2. The van der Waals surface area contributed by atoms with Crippen molar-refractivity contribution in [3.05, 3.63) is 48.9 Å². The first-order valence-corrected chi connectivity index (χ1v) is 3.82. The fourth-order valence-electron chi connectivity index (χ4n) is 0.795. The Morgan fingerprint density at radius 1 is 1.46 bits per heavy atom. The van der Waals surface area contributed by atoms with Gasteiger partial charge in [-0.3, -0.25) is 9.78 Å². The van der Waals surface area contributed by atoms with E-state index in [0.29, 0.717) is 0 Å². The molecule has 0 bridgehead atoms. The Morgan fingerprint density at radius 3 is 2.77 bits per heavy atom. The monoisotopic (exact) mass is 174 g/mol. The van der Waals surface area contributed by atoms with Crippen molar-refractivity contribution in [2.24, 2.45) is 0 Å². The molecule has 0 unspecified atom stereocenters. The normalized spacial score (nSPS) is 9.85. The van der Waals surface area contributed by atoms with Crippen molar-refractivity contribution in [2.75, 3.05) is 0 Å². The smallest absolute Gasteiger partial charge is 0.247 e. The van der Waals surface area contributed by atoms with Gasteiger partial charge in [0.05, 0.1) is 0 Å². The van der Waals surface area contributed by atoms with E-state index in [0.717, 1.165) is 5.56 Å². The lowest BCUT2D eigenvalue weighted by atomic mass is 10.2. The van der Waals surface area contributed by atoms with Crippen molar-refractivity contribution in [3.8, 4) is 0 Å². The van der Waals surface area contributed by atoms with Crippen molar-refractivity contribution >= 4 is 12.0 Å². The molecular formula is C10H10N2O. The van der Waals surface area contributed by atoms with Gasteiger partial charge in [-0.15, -0.1) is 0 Å². The molecule has 13 heavy (non-hydrogen) atoms. The molecule has 0 saturated heterocycles. The van der Waals surface area contributed by atoms with Crippen LogP contribution in [0.15, 0.2) is 43.4 Å². The number of carbonyl (C=O) groups is 1. The van der Waals surface area contributed by atoms with E-state index in [1.54, 1.807) is 18.5 Å². The molecule has 0 atom stereocenters. The van der Waals surface area contributed by atoms with Gasteiger partial charge < -0.3 is 5.32 Å². The third-order valence-electron chi connectivity index (χ3n) is 1.38. The second-order valence-electron chi connectivity index (χ2n) is 2.33. The second-order valence-corrected chi connectivity index (χ2v) is 2.33. The molecule has 0 aliphatic rings. The van der Waals surface area contributed by atoms with Gasteiger partial charge in [0.15, 0.2) is 0 Å². The van der Waals surface area contributed by atoms with E-state index < -0.39 is 0 Å². The van der Waals surface area contributed by atoms with Crippen LogP contribution in [-0.4, -0.2) is 10.9 Å². The summed E-state index contributed by atoms with van der Waals surface area (Å²) in [5.74, 6) is -0.188. The second kappa shape index (κ2) is 4.87. The zero-order valence-electron chi connectivity index (χ0n) is 7.10. The van der Waals surface area contributed by atoms with Gasteiger partial charge in [-0.1, -0.05) is 6.58 Å². The fraction of sp³-hybridized carbons (Fsp3) is 0. The predicted molar refractivity (Wildman–Crippen MR) is 51.6 cm³/mol. The Morgan fingerprint density at radius 2 is 2.15 bits per heavy atom. The number of nitrogens with zero attached hydrogens (tertiary/aromatic N) is 1. The van der Waals surface area contributed by atoms with Gasteiger partial charge in [-0.2, -0.15) is 0 Å². The summed E-state index contributed by atoms with van der Waals surface area (Å²) in [5.41, 5.74) is 0.939. The molecule has 0 aromatic carbocycles. The fourth-order valence-corrected chi connectivity index (χ4v) is 0.795. The topological polar surface area (TPSA) is 42.0 Å². The minimum atomic E-state index is -0.188. The van der Waals surface area contributed by atoms with Crippen LogP contribution in [0.5, 0.6) is 0 Å². The zero-order valence-corrected chi connectivity index (χ0v) is 7.10. The Bertz CT molecular complexity index is 317. The number of pyridine rings is 1. The van der Waals surface area contributed by atoms with Crippen molar-refractivity contribution in [1.82, 2.24) is 10.3 Å². The molecule has 0 radical (unpaired) electrons. The third kappa shape index (κ3) is 3.33. The van der Waals surface area contributed by atoms with Crippen LogP contribution in [-0.2, 0) is 4.79 Å². The highest BCUT2D eigenvalue weighted by Gasteiger charge is 1.89. The number of nitrogens with one attached hydrogen (secondary N) is 1. The molecule has 1 aromatic rings. The maximum absolute atomic E-state index is 10.9. The third-order valence-corrected chi connectivity index (χ3v) is 1.38. The highest BCUT2D eigenvalue weighted by molar-refractivity contribution is 5.92. The van der Waals surface area contributed by atoms with Crippen molar-refractivity contribution in [3.63, 3.8) is 0 Å². The van der Waals surface area contributed by atoms with E-state index in [1.165, 1.54) is 12.3 Å². The standard InChI is InChI=1S/C10H10N2O/c1-2-12-10(13)4-3-9-5-7-11-8-6-9/h2-8H,1H2,(H,12,13)/b4-3+. The molecule has 1 heterocycles. The van der Waals surface area contributed by atoms with Crippen LogP contribution < -0.4 is 5.32 Å². The summed E-state index contributed by atoms with van der Waals surface area (Å²) >= 11 is 0. The summed E-state index contributed by atoms with van der Waals surface area (Å²) in [6, 6.07) is 3.63. The first-order chi connectivity index (χ1) is 6.33. The maximum Gasteiger partial charge on any atom is 0.247 e. The maximum atomic E-state index is 10.9. The Hall–Kier alpha value is -1.90. The van der Waals surface area contributed by atoms with Gasteiger partial charge in [-0.25, -0.2) is 0 Å². The van der Waals surface area contributed by atoms with Gasteiger partial charge in [0, 0.05) is 18.5 Å². The molecule has 0 aliphatic carbocycles. The number of amides is 1. The molecule has 0 saturated carbocycles. The molecule has 1 rings (SSSR count). The first-order valence-electron chi connectivity index (χ1n) is 3.82. The van der Waals surface area contributed by atoms with Gasteiger partial charge in [-0.05, 0) is 30.0 Å². The Kier molecular flexibility index (Phi) is 3.45. The van der Waals surface area contributed by atoms with Gasteiger partial charge in [0.2, 0.25) is 5.91 Å². The van der Waals surface area contributed by atoms with E-state index in [9.17, 15) is 4.79 Å². The summed E-state index contributed by atoms with van der Waals surface area (Å²) in [4.78, 5) is 14.8. The van der Waals surface area contributed by atoms with Crippen LogP contribution >= 0.6 is 0 Å². The molecule has 0 fully saturated rings. The summed E-state index contributed by atoms with van der Waals surface area (Å²) in [7, 11) is 0. The van der Waals surface area contributed by atoms with Crippen molar-refractivity contribution in [2.45, 2.75) is 0 Å². The quantitative estimate of drug-likeness (QED) is 0.703. The summed E-state index contributed by atoms with van der Waals surface area (Å²) in [5, 5.41) is 2.44. The molecule has 1 N–H and O–H groups in total. The summed E-state index contributed by atoms with van der Waals surface area (Å²) in [6.07, 6.45) is 7.84. The Balaban J connectivity index is 2.58. The Labute approximate surface area is 76.8 Å². The number of rotatable bonds is 3. The molecule has 0 aliphatic heterocycles. The number of carbonyl (C=O) groups excluding carboxylic acids is 1. The van der Waals surface area contributed by atoms with Gasteiger partial charge >= 0.3 is 0 Å². The summed E-state index contributed by atoms with van der Waals surface area (Å²) in [6.45, 7) is 3.38. The highest BCUT2D eigenvalue weighted by Crippen LogP contribution is 1.98. The molecule has 3 nitrogen and oxygen atoms in total. The van der Waals surface area contributed by atoms with E-state index >= 15 is 0 Å². The average molecular weight is 174 g/mol. The van der Waals surface area contributed by atoms with Crippen molar-refractivity contribution < 1.29 is 4.79 Å². The lowest BCUT2D eigenvalue weighted by Crippen LogP contribution is -2.12. The predicted octanol–water partition coefficient (Wildman–Crippen LogP) is 1.35. The van der Waals surface area contributed by atoms with Crippen LogP contribution in [0.25, 0.3) is 6.08 Å². The minimum absolute atomic E-state index is 0.188. The van der Waals surface area contributed by atoms with Gasteiger partial charge in [0.25, 0.3) is 0 Å². The van der Waals surface area contributed by atoms with Crippen LogP contribution in [0.4, 0.5) is 0 Å². The van der Waals surface area contributed by atoms with E-state index in [-0.39, 0.29) is 5.91 Å². The minimum Gasteiger partial charge on any atom is -0.330 e. The van der Waals surface area contributed by atoms with E-state index in [2.05, 4.69) is 16.9 Å². The lowest BCUT2D eigenvalue weighted by molar-refractivity contribution is -0.115. The average Bonchev–Trinajstić information content (AvgIpc) is 2.17. The van der Waals surface area contributed by atoms with Crippen LogP contribution in [0, 0.1) is 0 Å². The van der Waals surface area contributed by atoms with Crippen LogP contribution in [0.3, 0.4) is 0 Å². The molecule has 1 aromatic heterocycles. The van der Waals surface area contributed by atoms with Gasteiger partial charge in [0.1, 0.15) is 0 Å². The molecule has 66 valence electrons. The lowest BCUT2D eigenvalue weighted by Gasteiger charge is -1.91. The van der Waals surface area contributed by atoms with Crippen LogP contribution in [0.1, 0.15) is 5.56 Å². The molecule has 1 amide bonds. The molecular weight excluding hydrogens is 164 g/mol. The van der Waals surface area contributed by atoms with Crippen molar-refractivity contribution in [1.29, 1.82) is 0 Å². The van der Waals surface area contributed by atoms with E-state index in [4.69, 9.17) is 0 Å². The van der Waals surface area contributed by atoms with E-state index in [1.807, 2.05) is 12.1 Å². The number of aromatic nitrogens is 1. The molecule has 0 spiro atoms.